The van der Waals surface area contributed by atoms with Gasteiger partial charge in [0.15, 0.2) is 18.9 Å². The van der Waals surface area contributed by atoms with E-state index in [1.165, 1.54) is 35.5 Å². The largest absolute Gasteiger partial charge is 0.382 e. The summed E-state index contributed by atoms with van der Waals surface area (Å²) in [6, 6.07) is 0. The van der Waals surface area contributed by atoms with Gasteiger partial charge >= 0.3 is 0 Å². The number of rotatable bonds is 22. The highest BCUT2D eigenvalue weighted by Crippen LogP contribution is 2.32. The fourth-order valence-electron chi connectivity index (χ4n) is 5.96. The number of aldehydes is 1. The lowest BCUT2D eigenvalue weighted by molar-refractivity contribution is -0.343. The summed E-state index contributed by atoms with van der Waals surface area (Å²) in [6.07, 6.45) is -8.93. The molecule has 0 radical (unpaired) electrons. The molecular weight excluding hydrogens is 604 g/mol. The normalized spacial score (nSPS) is 35.1. The number of methoxy groups -OCH3 is 11. The highest BCUT2D eigenvalue weighted by atomic mass is 16.8. The first-order chi connectivity index (χ1) is 21.8. The fourth-order valence-corrected chi connectivity index (χ4v) is 5.96. The van der Waals surface area contributed by atoms with Crippen molar-refractivity contribution in [3.63, 3.8) is 0 Å². The Hall–Kier alpha value is -0.930. The quantitative estimate of drug-likeness (QED) is 0.137. The SMILES string of the molecule is COCC1OC(OC[C@H]2OC(OCC(OC)C(OC)C(OC)C(C=O)OC)[C@H](OC)[C@@H](OC)[C@H]2OC)C(OC)C(OC)C1OC. The second-order valence-electron chi connectivity index (χ2n) is 10.4. The third-order valence-electron chi connectivity index (χ3n) is 8.26. The molecule has 2 saturated heterocycles. The molecule has 10 unspecified atom stereocenters. The average Bonchev–Trinajstić information content (AvgIpc) is 3.07. The number of carbonyl (C=O) groups is 1. The molecule has 0 amide bonds. The van der Waals surface area contributed by atoms with Crippen molar-refractivity contribution in [2.24, 2.45) is 0 Å². The van der Waals surface area contributed by atoms with Gasteiger partial charge in [0.05, 0.1) is 19.8 Å². The van der Waals surface area contributed by atoms with Gasteiger partial charge in [0.2, 0.25) is 0 Å². The molecule has 2 aliphatic heterocycles. The van der Waals surface area contributed by atoms with Gasteiger partial charge in [-0.05, 0) is 0 Å². The Bertz CT molecular complexity index is 793. The maximum absolute atomic E-state index is 11.6. The Labute approximate surface area is 266 Å². The molecule has 0 saturated carbocycles. The number of hydrogen-bond donors (Lipinski definition) is 0. The van der Waals surface area contributed by atoms with Crippen LogP contribution in [0.25, 0.3) is 0 Å². The van der Waals surface area contributed by atoms with E-state index in [4.69, 9.17) is 71.1 Å². The van der Waals surface area contributed by atoms with Crippen molar-refractivity contribution in [3.05, 3.63) is 0 Å². The smallest absolute Gasteiger partial charge is 0.187 e. The highest BCUT2D eigenvalue weighted by Gasteiger charge is 2.51. The Kier molecular flexibility index (Phi) is 18.9. The lowest BCUT2D eigenvalue weighted by Crippen LogP contribution is -2.63. The molecule has 0 N–H and O–H groups in total. The van der Waals surface area contributed by atoms with E-state index in [9.17, 15) is 4.79 Å². The van der Waals surface area contributed by atoms with E-state index in [1.807, 2.05) is 0 Å². The third-order valence-corrected chi connectivity index (χ3v) is 8.26. The summed E-state index contributed by atoms with van der Waals surface area (Å²) >= 11 is 0. The lowest BCUT2D eigenvalue weighted by Gasteiger charge is -2.47. The van der Waals surface area contributed by atoms with Gasteiger partial charge in [-0.1, -0.05) is 0 Å². The van der Waals surface area contributed by atoms with Crippen LogP contribution in [0.4, 0.5) is 0 Å². The number of carbonyl (C=O) groups excluding carboxylic acids is 1. The molecule has 2 rings (SSSR count). The number of hydrogen-bond acceptors (Lipinski definition) is 16. The van der Waals surface area contributed by atoms with Crippen molar-refractivity contribution < 1.29 is 75.8 Å². The molecule has 0 aromatic heterocycles. The molecule has 0 spiro atoms. The maximum atomic E-state index is 11.6. The molecule has 16 nitrogen and oxygen atoms in total. The topological polar surface area (TPSA) is 156 Å². The van der Waals surface area contributed by atoms with Crippen LogP contribution in [0.5, 0.6) is 0 Å². The summed E-state index contributed by atoms with van der Waals surface area (Å²) < 4.78 is 87.1. The van der Waals surface area contributed by atoms with E-state index in [0.717, 1.165) is 0 Å². The van der Waals surface area contributed by atoms with Gasteiger partial charge in [-0.3, -0.25) is 0 Å². The van der Waals surface area contributed by atoms with Gasteiger partial charge in [0, 0.05) is 78.2 Å². The van der Waals surface area contributed by atoms with Crippen LogP contribution in [0.15, 0.2) is 0 Å². The first-order valence-corrected chi connectivity index (χ1v) is 14.6. The van der Waals surface area contributed by atoms with Crippen LogP contribution in [0.1, 0.15) is 0 Å². The Morgan fingerprint density at radius 2 is 1.00 bits per heavy atom. The van der Waals surface area contributed by atoms with Crippen molar-refractivity contribution in [2.45, 2.75) is 85.8 Å². The lowest BCUT2D eigenvalue weighted by atomic mass is 9.97. The summed E-state index contributed by atoms with van der Waals surface area (Å²) in [4.78, 5) is 11.6. The zero-order chi connectivity index (χ0) is 33.5. The predicted octanol–water partition coefficient (Wildman–Crippen LogP) is -0.535. The van der Waals surface area contributed by atoms with E-state index in [1.54, 1.807) is 42.7 Å². The summed E-state index contributed by atoms with van der Waals surface area (Å²) in [5.74, 6) is 0. The molecule has 0 aliphatic carbocycles. The molecule has 45 heavy (non-hydrogen) atoms. The summed E-state index contributed by atoms with van der Waals surface area (Å²) in [7, 11) is 16.7. The van der Waals surface area contributed by atoms with E-state index in [0.29, 0.717) is 6.29 Å². The van der Waals surface area contributed by atoms with Crippen molar-refractivity contribution in [1.29, 1.82) is 0 Å². The zero-order valence-electron chi connectivity index (χ0n) is 28.3. The molecule has 0 aromatic rings. The van der Waals surface area contributed by atoms with Crippen LogP contribution < -0.4 is 0 Å². The predicted molar refractivity (Wildman–Crippen MR) is 155 cm³/mol. The Balaban J connectivity index is 2.26. The molecule has 16 heteroatoms. The first-order valence-electron chi connectivity index (χ1n) is 14.6. The molecule has 266 valence electrons. The van der Waals surface area contributed by atoms with Crippen LogP contribution >= 0.6 is 0 Å². The fraction of sp³-hybridized carbons (Fsp3) is 0.966. The van der Waals surface area contributed by atoms with Crippen molar-refractivity contribution in [3.8, 4) is 0 Å². The van der Waals surface area contributed by atoms with Crippen molar-refractivity contribution in [1.82, 2.24) is 0 Å². The van der Waals surface area contributed by atoms with Gasteiger partial charge in [0.1, 0.15) is 73.2 Å². The molecule has 2 fully saturated rings. The Morgan fingerprint density at radius 1 is 0.533 bits per heavy atom. The Morgan fingerprint density at radius 3 is 1.38 bits per heavy atom. The highest BCUT2D eigenvalue weighted by molar-refractivity contribution is 5.57. The molecule has 2 aliphatic rings. The summed E-state index contributed by atoms with van der Waals surface area (Å²) in [5.41, 5.74) is 0. The van der Waals surface area contributed by atoms with Crippen molar-refractivity contribution >= 4 is 6.29 Å². The van der Waals surface area contributed by atoms with Crippen LogP contribution in [0.2, 0.25) is 0 Å². The number of ether oxygens (including phenoxy) is 15. The van der Waals surface area contributed by atoms with Gasteiger partial charge in [-0.2, -0.15) is 0 Å². The molecule has 2 heterocycles. The van der Waals surface area contributed by atoms with E-state index in [2.05, 4.69) is 0 Å². The van der Waals surface area contributed by atoms with E-state index in [-0.39, 0.29) is 19.8 Å². The van der Waals surface area contributed by atoms with Gasteiger partial charge in [0.25, 0.3) is 0 Å². The van der Waals surface area contributed by atoms with Gasteiger partial charge in [-0.15, -0.1) is 0 Å². The first kappa shape index (κ1) is 40.2. The van der Waals surface area contributed by atoms with Crippen LogP contribution in [-0.2, 0) is 75.8 Å². The molecule has 0 aromatic carbocycles. The minimum Gasteiger partial charge on any atom is -0.382 e. The second-order valence-corrected chi connectivity index (χ2v) is 10.4. The molecular formula is C29H54O16. The second kappa shape index (κ2) is 21.1. The third kappa shape index (κ3) is 9.81. The maximum Gasteiger partial charge on any atom is 0.187 e. The van der Waals surface area contributed by atoms with Crippen LogP contribution in [0, 0.1) is 0 Å². The van der Waals surface area contributed by atoms with Gasteiger partial charge < -0.3 is 75.8 Å². The zero-order valence-corrected chi connectivity index (χ0v) is 28.3. The van der Waals surface area contributed by atoms with E-state index < -0.39 is 85.8 Å². The minimum atomic E-state index is -0.947. The van der Waals surface area contributed by atoms with Crippen LogP contribution in [-0.4, -0.2) is 190 Å². The standard InChI is InChI=1S/C29H54O16/c1-31-13-18-22(36-6)24(38-8)26(40-10)29(44-18)43-15-19-23(37-7)25(39-9)27(41-11)28(45-19)42-14-17(33-3)21(35-5)20(34-4)16(12-30)32-2/h12,16-29H,13-15H2,1-11H3/t16?,17?,18?,19-,20?,21?,22?,23+,24?,25+,26?,27-,28?,29?/m1/s1. The van der Waals surface area contributed by atoms with Crippen LogP contribution in [0.3, 0.4) is 0 Å². The molecule has 0 bridgehead atoms. The van der Waals surface area contributed by atoms with Gasteiger partial charge in [-0.25, -0.2) is 0 Å². The average molecular weight is 659 g/mol. The summed E-state index contributed by atoms with van der Waals surface area (Å²) in [5, 5.41) is 0. The van der Waals surface area contributed by atoms with E-state index >= 15 is 0 Å². The summed E-state index contributed by atoms with van der Waals surface area (Å²) in [6.45, 7) is 0.222. The molecule has 14 atom stereocenters. The van der Waals surface area contributed by atoms with Crippen molar-refractivity contribution in [2.75, 3.05) is 98.0 Å². The monoisotopic (exact) mass is 658 g/mol. The minimum absolute atomic E-state index is 0.00196.